The lowest BCUT2D eigenvalue weighted by Gasteiger charge is -2.23. The summed E-state index contributed by atoms with van der Waals surface area (Å²) in [5.74, 6) is 0.606. The highest BCUT2D eigenvalue weighted by Crippen LogP contribution is 2.31. The number of benzene rings is 2. The van der Waals surface area contributed by atoms with Crippen LogP contribution in [0.25, 0.3) is 0 Å². The molecule has 0 radical (unpaired) electrons. The maximum absolute atomic E-state index is 12.4. The van der Waals surface area contributed by atoms with E-state index in [1.165, 1.54) is 5.56 Å². The largest absolute Gasteiger partial charge is 0.340 e. The first-order valence-electron chi connectivity index (χ1n) is 9.04. The van der Waals surface area contributed by atoms with E-state index in [9.17, 15) is 4.79 Å². The third-order valence-corrected chi connectivity index (χ3v) is 4.41. The number of aromatic nitrogens is 1. The predicted octanol–water partition coefficient (Wildman–Crippen LogP) is 5.68. The zero-order chi connectivity index (χ0) is 19.4. The lowest BCUT2D eigenvalue weighted by molar-refractivity contribution is 0.102. The zero-order valence-corrected chi connectivity index (χ0v) is 16.2. The number of amides is 1. The van der Waals surface area contributed by atoms with E-state index in [1.54, 1.807) is 6.20 Å². The van der Waals surface area contributed by atoms with Gasteiger partial charge < -0.3 is 10.6 Å². The molecule has 0 spiro atoms. The third kappa shape index (κ3) is 4.53. The summed E-state index contributed by atoms with van der Waals surface area (Å²) in [6.07, 6.45) is 1.66. The number of hydrogen-bond donors (Lipinski definition) is 2. The van der Waals surface area contributed by atoms with Crippen molar-refractivity contribution >= 4 is 23.1 Å². The predicted molar refractivity (Wildman–Crippen MR) is 112 cm³/mol. The van der Waals surface area contributed by atoms with E-state index >= 15 is 0 Å². The molecule has 0 aliphatic carbocycles. The average Bonchev–Trinajstić information content (AvgIpc) is 2.63. The highest BCUT2D eigenvalue weighted by molar-refractivity contribution is 6.05. The van der Waals surface area contributed by atoms with E-state index in [-0.39, 0.29) is 11.3 Å². The SMILES string of the molecule is Cc1ccccc1C(=O)Nc1ccc(Nc2ccccc2C(C)(C)C)nc1. The first kappa shape index (κ1) is 18.6. The van der Waals surface area contributed by atoms with E-state index in [4.69, 9.17) is 0 Å². The number of rotatable bonds is 4. The molecule has 0 atom stereocenters. The normalized spacial score (nSPS) is 11.1. The number of nitrogens with one attached hydrogen (secondary N) is 2. The quantitative estimate of drug-likeness (QED) is 0.630. The molecule has 138 valence electrons. The van der Waals surface area contributed by atoms with Gasteiger partial charge in [-0.05, 0) is 47.7 Å². The number of carbonyl (C=O) groups is 1. The molecule has 0 bridgehead atoms. The highest BCUT2D eigenvalue weighted by atomic mass is 16.1. The third-order valence-electron chi connectivity index (χ3n) is 4.41. The number of para-hydroxylation sites is 1. The Labute approximate surface area is 160 Å². The summed E-state index contributed by atoms with van der Waals surface area (Å²) in [5.41, 5.74) is 4.57. The van der Waals surface area contributed by atoms with Crippen LogP contribution in [-0.4, -0.2) is 10.9 Å². The van der Waals surface area contributed by atoms with Gasteiger partial charge in [-0.15, -0.1) is 0 Å². The second kappa shape index (κ2) is 7.62. The van der Waals surface area contributed by atoms with Crippen molar-refractivity contribution in [2.24, 2.45) is 0 Å². The van der Waals surface area contributed by atoms with E-state index in [1.807, 2.05) is 55.5 Å². The standard InChI is InChI=1S/C23H25N3O/c1-16-9-5-6-10-18(16)22(27)25-17-13-14-21(24-15-17)26-20-12-8-7-11-19(20)23(2,3)4/h5-15H,1-4H3,(H,24,26)(H,25,27). The van der Waals surface area contributed by atoms with Gasteiger partial charge in [0.1, 0.15) is 5.82 Å². The topological polar surface area (TPSA) is 54.0 Å². The summed E-state index contributed by atoms with van der Waals surface area (Å²) in [4.78, 5) is 16.9. The van der Waals surface area contributed by atoms with Crippen LogP contribution >= 0.6 is 0 Å². The number of aryl methyl sites for hydroxylation is 1. The Morgan fingerprint density at radius 3 is 2.30 bits per heavy atom. The maximum atomic E-state index is 12.4. The van der Waals surface area contributed by atoms with Crippen molar-refractivity contribution < 1.29 is 4.79 Å². The number of carbonyl (C=O) groups excluding carboxylic acids is 1. The minimum atomic E-state index is -0.131. The van der Waals surface area contributed by atoms with Crippen LogP contribution in [0.3, 0.4) is 0 Å². The molecule has 0 fully saturated rings. The Balaban J connectivity index is 1.73. The lowest BCUT2D eigenvalue weighted by Crippen LogP contribution is -2.14. The van der Waals surface area contributed by atoms with Crippen LogP contribution < -0.4 is 10.6 Å². The molecule has 1 aromatic heterocycles. The fourth-order valence-electron chi connectivity index (χ4n) is 2.95. The molecule has 3 rings (SSSR count). The molecule has 4 heteroatoms. The summed E-state index contributed by atoms with van der Waals surface area (Å²) in [6, 6.07) is 19.5. The Morgan fingerprint density at radius 2 is 1.63 bits per heavy atom. The molecule has 2 N–H and O–H groups in total. The number of anilines is 3. The Morgan fingerprint density at radius 1 is 0.926 bits per heavy atom. The van der Waals surface area contributed by atoms with Crippen LogP contribution in [0.15, 0.2) is 66.9 Å². The Kier molecular flexibility index (Phi) is 5.26. The zero-order valence-electron chi connectivity index (χ0n) is 16.2. The molecule has 1 amide bonds. The van der Waals surface area contributed by atoms with Gasteiger partial charge in [0.25, 0.3) is 5.91 Å². The van der Waals surface area contributed by atoms with Crippen LogP contribution in [0.4, 0.5) is 17.2 Å². The van der Waals surface area contributed by atoms with Gasteiger partial charge in [-0.1, -0.05) is 57.2 Å². The van der Waals surface area contributed by atoms with Gasteiger partial charge in [0.05, 0.1) is 11.9 Å². The first-order chi connectivity index (χ1) is 12.8. The first-order valence-corrected chi connectivity index (χ1v) is 9.04. The Bertz CT molecular complexity index is 940. The second-order valence-electron chi connectivity index (χ2n) is 7.62. The number of hydrogen-bond acceptors (Lipinski definition) is 3. The molecule has 0 saturated carbocycles. The van der Waals surface area contributed by atoms with Gasteiger partial charge in [-0.25, -0.2) is 4.98 Å². The van der Waals surface area contributed by atoms with Crippen molar-refractivity contribution in [3.63, 3.8) is 0 Å². The molecular weight excluding hydrogens is 334 g/mol. The van der Waals surface area contributed by atoms with E-state index in [0.717, 1.165) is 17.1 Å². The van der Waals surface area contributed by atoms with Crippen LogP contribution in [-0.2, 0) is 5.41 Å². The molecule has 0 unspecified atom stereocenters. The van der Waals surface area contributed by atoms with Crippen molar-refractivity contribution in [2.75, 3.05) is 10.6 Å². The summed E-state index contributed by atoms with van der Waals surface area (Å²) >= 11 is 0. The molecule has 4 nitrogen and oxygen atoms in total. The molecule has 0 aliphatic rings. The van der Waals surface area contributed by atoms with Gasteiger partial charge in [-0.3, -0.25) is 4.79 Å². The van der Waals surface area contributed by atoms with Gasteiger partial charge in [0.15, 0.2) is 0 Å². The van der Waals surface area contributed by atoms with Crippen LogP contribution in [0, 0.1) is 6.92 Å². The summed E-state index contributed by atoms with van der Waals surface area (Å²) in [7, 11) is 0. The van der Waals surface area contributed by atoms with Crippen molar-refractivity contribution in [1.29, 1.82) is 0 Å². The van der Waals surface area contributed by atoms with Crippen molar-refractivity contribution in [2.45, 2.75) is 33.1 Å². The molecule has 0 aliphatic heterocycles. The van der Waals surface area contributed by atoms with Crippen LogP contribution in [0.5, 0.6) is 0 Å². The fraction of sp³-hybridized carbons (Fsp3) is 0.217. The minimum Gasteiger partial charge on any atom is -0.340 e. The van der Waals surface area contributed by atoms with E-state index < -0.39 is 0 Å². The average molecular weight is 359 g/mol. The van der Waals surface area contributed by atoms with E-state index in [0.29, 0.717) is 11.3 Å². The monoisotopic (exact) mass is 359 g/mol. The van der Waals surface area contributed by atoms with Crippen molar-refractivity contribution in [3.05, 3.63) is 83.6 Å². The van der Waals surface area contributed by atoms with Gasteiger partial charge >= 0.3 is 0 Å². The minimum absolute atomic E-state index is 0.0328. The second-order valence-corrected chi connectivity index (χ2v) is 7.62. The summed E-state index contributed by atoms with van der Waals surface area (Å²) in [5, 5.41) is 6.27. The molecule has 2 aromatic carbocycles. The van der Waals surface area contributed by atoms with Gasteiger partial charge in [0, 0.05) is 11.3 Å². The molecule has 0 saturated heterocycles. The highest BCUT2D eigenvalue weighted by Gasteiger charge is 2.17. The summed E-state index contributed by atoms with van der Waals surface area (Å²) in [6.45, 7) is 8.48. The maximum Gasteiger partial charge on any atom is 0.255 e. The van der Waals surface area contributed by atoms with Crippen molar-refractivity contribution in [3.8, 4) is 0 Å². The van der Waals surface area contributed by atoms with E-state index in [2.05, 4.69) is 48.5 Å². The summed E-state index contributed by atoms with van der Waals surface area (Å²) < 4.78 is 0. The lowest BCUT2D eigenvalue weighted by atomic mass is 9.86. The molecule has 27 heavy (non-hydrogen) atoms. The van der Waals surface area contributed by atoms with Crippen LogP contribution in [0.1, 0.15) is 42.3 Å². The van der Waals surface area contributed by atoms with Crippen molar-refractivity contribution in [1.82, 2.24) is 4.98 Å². The number of nitrogens with zero attached hydrogens (tertiary/aromatic N) is 1. The molecule has 1 heterocycles. The fourth-order valence-corrected chi connectivity index (χ4v) is 2.95. The Hall–Kier alpha value is -3.14. The van der Waals surface area contributed by atoms with Gasteiger partial charge in [0.2, 0.25) is 0 Å². The molecule has 3 aromatic rings. The smallest absolute Gasteiger partial charge is 0.255 e. The van der Waals surface area contributed by atoms with Crippen LogP contribution in [0.2, 0.25) is 0 Å². The molecular formula is C23H25N3O. The van der Waals surface area contributed by atoms with Gasteiger partial charge in [-0.2, -0.15) is 0 Å². The number of pyridine rings is 1.